The predicted molar refractivity (Wildman–Crippen MR) is 117 cm³/mol. The van der Waals surface area contributed by atoms with Crippen LogP contribution < -0.4 is 9.46 Å². The van der Waals surface area contributed by atoms with Gasteiger partial charge in [-0.15, -0.1) is 0 Å². The highest BCUT2D eigenvalue weighted by atomic mass is 35.5. The van der Waals surface area contributed by atoms with Gasteiger partial charge in [-0.3, -0.25) is 4.72 Å². The molecule has 2 aromatic carbocycles. The summed E-state index contributed by atoms with van der Waals surface area (Å²) >= 11 is 12.0. The van der Waals surface area contributed by atoms with E-state index in [0.717, 1.165) is 49.2 Å². The summed E-state index contributed by atoms with van der Waals surface area (Å²) < 4.78 is 34.2. The number of likely N-dealkylation sites (tertiary alicyclic amines) is 1. The van der Waals surface area contributed by atoms with Gasteiger partial charge in [0.05, 0.1) is 17.7 Å². The van der Waals surface area contributed by atoms with Crippen LogP contribution >= 0.6 is 23.2 Å². The van der Waals surface area contributed by atoms with E-state index < -0.39 is 10.0 Å². The molecule has 0 unspecified atom stereocenters. The Morgan fingerprint density at radius 3 is 2.41 bits per heavy atom. The summed E-state index contributed by atoms with van der Waals surface area (Å²) in [6, 6.07) is 8.41. The first-order valence-electron chi connectivity index (χ1n) is 9.79. The quantitative estimate of drug-likeness (QED) is 0.707. The van der Waals surface area contributed by atoms with Gasteiger partial charge in [-0.1, -0.05) is 23.2 Å². The lowest BCUT2D eigenvalue weighted by Gasteiger charge is -2.33. The number of ether oxygens (including phenoxy) is 1. The van der Waals surface area contributed by atoms with Crippen molar-refractivity contribution in [2.24, 2.45) is 0 Å². The largest absolute Gasteiger partial charge is 0.496 e. The van der Waals surface area contributed by atoms with Gasteiger partial charge in [0.1, 0.15) is 5.75 Å². The lowest BCUT2D eigenvalue weighted by molar-refractivity contribution is 0.220. The van der Waals surface area contributed by atoms with Crippen molar-refractivity contribution in [1.82, 2.24) is 4.90 Å². The maximum absolute atomic E-state index is 13.0. The molecule has 0 saturated carbocycles. The minimum absolute atomic E-state index is 0.0466. The monoisotopic (exact) mass is 454 g/mol. The second kappa shape index (κ2) is 8.34. The Hall–Kier alpha value is -1.47. The maximum atomic E-state index is 13.0. The number of nitrogens with one attached hydrogen (secondary N) is 1. The Morgan fingerprint density at radius 1 is 1.07 bits per heavy atom. The topological polar surface area (TPSA) is 58.6 Å². The zero-order valence-electron chi connectivity index (χ0n) is 16.2. The van der Waals surface area contributed by atoms with Gasteiger partial charge in [0.15, 0.2) is 0 Å². The lowest BCUT2D eigenvalue weighted by atomic mass is 9.86. The minimum atomic E-state index is -3.81. The highest BCUT2D eigenvalue weighted by Crippen LogP contribution is 2.38. The van der Waals surface area contributed by atoms with Crippen LogP contribution in [0.15, 0.2) is 35.2 Å². The molecule has 4 rings (SSSR count). The Balaban J connectivity index is 1.66. The number of hydrogen-bond acceptors (Lipinski definition) is 4. The fraction of sp³-hybridized carbons (Fsp3) is 0.429. The van der Waals surface area contributed by atoms with Crippen molar-refractivity contribution < 1.29 is 13.2 Å². The van der Waals surface area contributed by atoms with Crippen molar-refractivity contribution in [3.63, 3.8) is 0 Å². The lowest BCUT2D eigenvalue weighted by Crippen LogP contribution is -2.37. The van der Waals surface area contributed by atoms with Crippen molar-refractivity contribution >= 4 is 38.9 Å². The molecule has 1 aliphatic carbocycles. The smallest absolute Gasteiger partial charge is 0.262 e. The summed E-state index contributed by atoms with van der Waals surface area (Å²) in [4.78, 5) is 2.60. The molecule has 156 valence electrons. The van der Waals surface area contributed by atoms with E-state index in [-0.39, 0.29) is 14.9 Å². The number of nitrogens with zero attached hydrogens (tertiary/aromatic N) is 1. The highest BCUT2D eigenvalue weighted by molar-refractivity contribution is 7.92. The molecular weight excluding hydrogens is 431 g/mol. The number of rotatable bonds is 5. The molecule has 0 spiro atoms. The van der Waals surface area contributed by atoms with Gasteiger partial charge in [0, 0.05) is 21.7 Å². The molecule has 2 aromatic rings. The zero-order chi connectivity index (χ0) is 20.6. The third kappa shape index (κ3) is 4.36. The van der Waals surface area contributed by atoms with E-state index >= 15 is 0 Å². The molecule has 1 atom stereocenters. The fourth-order valence-corrected chi connectivity index (χ4v) is 6.24. The molecule has 0 radical (unpaired) electrons. The molecule has 1 saturated heterocycles. The number of hydrogen-bond donors (Lipinski definition) is 1. The van der Waals surface area contributed by atoms with E-state index in [0.29, 0.717) is 11.7 Å². The third-order valence-corrected chi connectivity index (χ3v) is 7.60. The van der Waals surface area contributed by atoms with E-state index in [9.17, 15) is 8.42 Å². The van der Waals surface area contributed by atoms with Crippen LogP contribution in [0.4, 0.5) is 5.69 Å². The molecule has 1 fully saturated rings. The molecular formula is C21H24Cl2N2O3S. The molecule has 0 bridgehead atoms. The summed E-state index contributed by atoms with van der Waals surface area (Å²) in [7, 11) is -2.15. The Bertz CT molecular complexity index is 1000. The number of halogens is 2. The first kappa shape index (κ1) is 20.8. The van der Waals surface area contributed by atoms with Crippen molar-refractivity contribution in [2.75, 3.05) is 24.9 Å². The van der Waals surface area contributed by atoms with Gasteiger partial charge >= 0.3 is 0 Å². The van der Waals surface area contributed by atoms with Crippen LogP contribution in [0.1, 0.15) is 30.4 Å². The van der Waals surface area contributed by atoms with Crippen LogP contribution in [0.25, 0.3) is 0 Å². The van der Waals surface area contributed by atoms with Crippen LogP contribution in [0.2, 0.25) is 10.0 Å². The van der Waals surface area contributed by atoms with E-state index in [1.165, 1.54) is 31.0 Å². The second-order valence-electron chi connectivity index (χ2n) is 7.62. The summed E-state index contributed by atoms with van der Waals surface area (Å²) in [5.41, 5.74) is 2.70. The molecule has 29 heavy (non-hydrogen) atoms. The van der Waals surface area contributed by atoms with Gasteiger partial charge in [-0.25, -0.2) is 8.42 Å². The summed E-state index contributed by atoms with van der Waals surface area (Å²) in [6.07, 6.45) is 5.20. The highest BCUT2D eigenvalue weighted by Gasteiger charge is 2.30. The summed E-state index contributed by atoms with van der Waals surface area (Å²) in [5.74, 6) is 0.817. The van der Waals surface area contributed by atoms with Crippen LogP contribution in [-0.4, -0.2) is 39.6 Å². The van der Waals surface area contributed by atoms with E-state index in [1.54, 1.807) is 13.2 Å². The average Bonchev–Trinajstić information content (AvgIpc) is 3.22. The summed E-state index contributed by atoms with van der Waals surface area (Å²) in [6.45, 7) is 2.29. The molecule has 1 N–H and O–H groups in total. The van der Waals surface area contributed by atoms with Crippen molar-refractivity contribution in [2.45, 2.75) is 43.0 Å². The molecule has 0 amide bonds. The van der Waals surface area contributed by atoms with E-state index in [4.69, 9.17) is 27.9 Å². The van der Waals surface area contributed by atoms with Gasteiger partial charge in [-0.2, -0.15) is 0 Å². The molecule has 0 aromatic heterocycles. The second-order valence-corrected chi connectivity index (χ2v) is 10.2. The van der Waals surface area contributed by atoms with E-state index in [2.05, 4.69) is 9.62 Å². The van der Waals surface area contributed by atoms with Crippen LogP contribution in [0.3, 0.4) is 0 Å². The minimum Gasteiger partial charge on any atom is -0.496 e. The Morgan fingerprint density at radius 2 is 1.76 bits per heavy atom. The molecule has 1 heterocycles. The van der Waals surface area contributed by atoms with Gasteiger partial charge in [0.2, 0.25) is 0 Å². The molecule has 2 aliphatic rings. The zero-order valence-corrected chi connectivity index (χ0v) is 18.6. The first-order chi connectivity index (χ1) is 13.9. The van der Waals surface area contributed by atoms with Crippen molar-refractivity contribution in [1.29, 1.82) is 0 Å². The van der Waals surface area contributed by atoms with Crippen molar-refractivity contribution in [3.05, 3.63) is 51.5 Å². The fourth-order valence-electron chi connectivity index (χ4n) is 4.42. The van der Waals surface area contributed by atoms with Crippen molar-refractivity contribution in [3.8, 4) is 5.75 Å². The Labute approximate surface area is 182 Å². The number of fused-ring (bicyclic) bond motifs is 1. The maximum Gasteiger partial charge on any atom is 0.262 e. The van der Waals surface area contributed by atoms with E-state index in [1.807, 2.05) is 6.07 Å². The van der Waals surface area contributed by atoms with Crippen LogP contribution in [-0.2, 0) is 22.9 Å². The summed E-state index contributed by atoms with van der Waals surface area (Å²) in [5, 5.41) is 0.561. The predicted octanol–water partition coefficient (Wildman–Crippen LogP) is 4.76. The third-order valence-electron chi connectivity index (χ3n) is 5.82. The van der Waals surface area contributed by atoms with Crippen LogP contribution in [0.5, 0.6) is 5.75 Å². The Kier molecular flexibility index (Phi) is 5.98. The molecule has 1 aliphatic heterocycles. The van der Waals surface area contributed by atoms with Crippen LogP contribution in [0, 0.1) is 0 Å². The average molecular weight is 455 g/mol. The standard InChI is InChI=1S/C21H24Cl2N2O3S/c1-28-21-7-6-20(24-29(26,27)17-11-14(22)10-15(23)12-17)18-5-4-16(13-19(18)21)25-8-2-3-9-25/h6-7,10-12,16,24H,2-5,8-9,13H2,1H3/t16-/m0/s1. The first-order valence-corrected chi connectivity index (χ1v) is 12.0. The number of methoxy groups -OCH3 is 1. The number of sulfonamides is 1. The SMILES string of the molecule is COc1ccc(NS(=O)(=O)c2cc(Cl)cc(Cl)c2)c2c1C[C@@H](N1CCCC1)CC2. The normalized spacial score (nSPS) is 19.8. The van der Waals surface area contributed by atoms with Gasteiger partial charge in [-0.05, 0) is 81.1 Å². The van der Waals surface area contributed by atoms with Gasteiger partial charge in [0.25, 0.3) is 10.0 Å². The number of anilines is 1. The molecule has 8 heteroatoms. The van der Waals surface area contributed by atoms with Gasteiger partial charge < -0.3 is 9.64 Å². The number of benzene rings is 2. The molecule has 5 nitrogen and oxygen atoms in total.